The molecule has 2 heterocycles. The van der Waals surface area contributed by atoms with E-state index in [4.69, 9.17) is 4.42 Å². The van der Waals surface area contributed by atoms with Gasteiger partial charge in [-0.1, -0.05) is 24.3 Å². The van der Waals surface area contributed by atoms with E-state index in [0.717, 1.165) is 0 Å². The molecule has 0 aliphatic carbocycles. The maximum atomic E-state index is 12.8. The van der Waals surface area contributed by atoms with Crippen LogP contribution in [-0.4, -0.2) is 21.6 Å². The first-order valence-electron chi connectivity index (χ1n) is 10.7. The minimum Gasteiger partial charge on any atom is -0.455 e. The second-order valence-electron chi connectivity index (χ2n) is 7.75. The number of nitro benzene ring substituents is 1. The molecule has 0 spiro atoms. The predicted octanol–water partition coefficient (Wildman–Crippen LogP) is 4.47. The smallest absolute Gasteiger partial charge is 0.269 e. The van der Waals surface area contributed by atoms with Crippen molar-refractivity contribution in [1.29, 1.82) is 0 Å². The van der Waals surface area contributed by atoms with Gasteiger partial charge in [0.15, 0.2) is 5.43 Å². The molecule has 0 saturated heterocycles. The van der Waals surface area contributed by atoms with Crippen LogP contribution in [-0.2, 0) is 11.3 Å². The summed E-state index contributed by atoms with van der Waals surface area (Å²) in [6.45, 7) is -0.0369. The van der Waals surface area contributed by atoms with Crippen LogP contribution >= 0.6 is 0 Å². The Labute approximate surface area is 198 Å². The average Bonchev–Trinajstić information content (AvgIpc) is 3.35. The van der Waals surface area contributed by atoms with Crippen LogP contribution in [0.2, 0.25) is 0 Å². The van der Waals surface area contributed by atoms with Crippen LogP contribution in [0.15, 0.2) is 99.2 Å². The fraction of sp³-hybridized carbons (Fsp3) is 0.0385. The Kier molecular flexibility index (Phi) is 5.64. The number of fused-ring (bicyclic) bond motifs is 2. The molecule has 0 aliphatic rings. The van der Waals surface area contributed by atoms with Crippen LogP contribution in [0.3, 0.4) is 0 Å². The van der Waals surface area contributed by atoms with Crippen molar-refractivity contribution in [2.24, 2.45) is 5.10 Å². The van der Waals surface area contributed by atoms with E-state index in [9.17, 15) is 19.7 Å². The average molecular weight is 466 g/mol. The highest BCUT2D eigenvalue weighted by Crippen LogP contribution is 2.24. The van der Waals surface area contributed by atoms with E-state index in [1.54, 1.807) is 53.1 Å². The maximum Gasteiger partial charge on any atom is 0.269 e. The van der Waals surface area contributed by atoms with Crippen molar-refractivity contribution in [2.45, 2.75) is 6.54 Å². The standard InChI is InChI=1S/C26H18N4O5/c31-25(16-29-22-7-3-1-5-20(22)26(32)21-6-2-4-8-23(21)29)28-27-15-19-13-14-24(35-19)17-9-11-18(12-10-17)30(33)34/h1-15H,16H2,(H,28,31). The highest BCUT2D eigenvalue weighted by molar-refractivity contribution is 5.95. The van der Waals surface area contributed by atoms with Crippen LogP contribution < -0.4 is 10.9 Å². The molecule has 1 N–H and O–H groups in total. The largest absolute Gasteiger partial charge is 0.455 e. The van der Waals surface area contributed by atoms with Gasteiger partial charge in [-0.15, -0.1) is 0 Å². The number of non-ortho nitro benzene ring substituents is 1. The molecule has 9 nitrogen and oxygen atoms in total. The number of carbonyl (C=O) groups excluding carboxylic acids is 1. The van der Waals surface area contributed by atoms with E-state index in [-0.39, 0.29) is 23.6 Å². The molecule has 0 fully saturated rings. The van der Waals surface area contributed by atoms with Gasteiger partial charge in [-0.25, -0.2) is 5.43 Å². The number of furan rings is 1. The first-order chi connectivity index (χ1) is 17.0. The lowest BCUT2D eigenvalue weighted by Gasteiger charge is -2.14. The van der Waals surface area contributed by atoms with Gasteiger partial charge < -0.3 is 8.98 Å². The number of aromatic nitrogens is 1. The number of hydrogen-bond donors (Lipinski definition) is 1. The molecule has 35 heavy (non-hydrogen) atoms. The molecule has 0 unspecified atom stereocenters. The third-order valence-electron chi connectivity index (χ3n) is 5.55. The highest BCUT2D eigenvalue weighted by atomic mass is 16.6. The number of para-hydroxylation sites is 2. The highest BCUT2D eigenvalue weighted by Gasteiger charge is 2.13. The zero-order valence-corrected chi connectivity index (χ0v) is 18.3. The maximum absolute atomic E-state index is 12.8. The summed E-state index contributed by atoms with van der Waals surface area (Å²) in [5.74, 6) is 0.541. The third kappa shape index (κ3) is 4.30. The van der Waals surface area contributed by atoms with Crippen molar-refractivity contribution in [1.82, 2.24) is 9.99 Å². The number of rotatable bonds is 6. The Morgan fingerprint density at radius 1 is 0.943 bits per heavy atom. The first-order valence-corrected chi connectivity index (χ1v) is 10.7. The second kappa shape index (κ2) is 9.06. The van der Waals surface area contributed by atoms with Crippen molar-refractivity contribution >= 4 is 39.6 Å². The Morgan fingerprint density at radius 2 is 1.57 bits per heavy atom. The molecule has 0 saturated carbocycles. The Hall–Kier alpha value is -5.05. The van der Waals surface area contributed by atoms with E-state index in [0.29, 0.717) is 38.9 Å². The van der Waals surface area contributed by atoms with E-state index < -0.39 is 4.92 Å². The molecular formula is C26H18N4O5. The van der Waals surface area contributed by atoms with Gasteiger partial charge in [0.2, 0.25) is 0 Å². The first kappa shape index (κ1) is 21.8. The summed E-state index contributed by atoms with van der Waals surface area (Å²) in [7, 11) is 0. The molecule has 2 aromatic heterocycles. The van der Waals surface area contributed by atoms with Crippen LogP contribution in [0.1, 0.15) is 5.76 Å². The lowest BCUT2D eigenvalue weighted by molar-refractivity contribution is -0.384. The minimum atomic E-state index is -0.467. The summed E-state index contributed by atoms with van der Waals surface area (Å²) in [6, 6.07) is 23.7. The number of benzene rings is 3. The van der Waals surface area contributed by atoms with Crippen LogP contribution in [0.25, 0.3) is 33.1 Å². The Morgan fingerprint density at radius 3 is 2.20 bits per heavy atom. The molecule has 0 aliphatic heterocycles. The molecule has 5 rings (SSSR count). The number of amides is 1. The van der Waals surface area contributed by atoms with Crippen LogP contribution in [0, 0.1) is 10.1 Å². The molecule has 0 radical (unpaired) electrons. The van der Waals surface area contributed by atoms with Gasteiger partial charge in [-0.05, 0) is 48.5 Å². The number of pyridine rings is 1. The lowest BCUT2D eigenvalue weighted by Crippen LogP contribution is -2.25. The zero-order chi connectivity index (χ0) is 24.4. The fourth-order valence-corrected chi connectivity index (χ4v) is 3.92. The van der Waals surface area contributed by atoms with Crippen molar-refractivity contribution in [2.75, 3.05) is 0 Å². The van der Waals surface area contributed by atoms with Crippen molar-refractivity contribution in [3.05, 3.63) is 111 Å². The fourth-order valence-electron chi connectivity index (χ4n) is 3.92. The van der Waals surface area contributed by atoms with Gasteiger partial charge in [0.05, 0.1) is 22.2 Å². The van der Waals surface area contributed by atoms with Gasteiger partial charge in [0, 0.05) is 28.5 Å². The van der Waals surface area contributed by atoms with Gasteiger partial charge in [-0.2, -0.15) is 5.10 Å². The van der Waals surface area contributed by atoms with Crippen molar-refractivity contribution in [3.63, 3.8) is 0 Å². The quantitative estimate of drug-likeness (QED) is 0.171. The zero-order valence-electron chi connectivity index (χ0n) is 18.3. The van der Waals surface area contributed by atoms with E-state index in [2.05, 4.69) is 10.5 Å². The number of nitro groups is 1. The van der Waals surface area contributed by atoms with Crippen LogP contribution in [0.4, 0.5) is 5.69 Å². The molecule has 172 valence electrons. The van der Waals surface area contributed by atoms with Gasteiger partial charge >= 0.3 is 0 Å². The van der Waals surface area contributed by atoms with Gasteiger partial charge in [0.25, 0.3) is 11.6 Å². The summed E-state index contributed by atoms with van der Waals surface area (Å²) >= 11 is 0. The molecule has 1 amide bonds. The minimum absolute atomic E-state index is 0.00637. The SMILES string of the molecule is O=C(Cn1c2ccccc2c(=O)c2ccccc21)NN=Cc1ccc(-c2ccc([N+](=O)[O-])cc2)o1. The molecule has 5 aromatic rings. The number of nitrogens with zero attached hydrogens (tertiary/aromatic N) is 3. The van der Waals surface area contributed by atoms with E-state index in [1.165, 1.54) is 18.3 Å². The number of hydrazone groups is 1. The van der Waals surface area contributed by atoms with Gasteiger partial charge in [0.1, 0.15) is 18.1 Å². The summed E-state index contributed by atoms with van der Waals surface area (Å²) in [5.41, 5.74) is 4.41. The summed E-state index contributed by atoms with van der Waals surface area (Å²) < 4.78 is 7.48. The summed E-state index contributed by atoms with van der Waals surface area (Å²) in [5, 5.41) is 15.9. The van der Waals surface area contributed by atoms with Crippen molar-refractivity contribution in [3.8, 4) is 11.3 Å². The lowest BCUT2D eigenvalue weighted by atomic mass is 10.1. The molecule has 3 aromatic carbocycles. The Balaban J connectivity index is 1.33. The molecule has 0 atom stereocenters. The summed E-state index contributed by atoms with van der Waals surface area (Å²) in [4.78, 5) is 35.8. The van der Waals surface area contributed by atoms with Crippen LogP contribution in [0.5, 0.6) is 0 Å². The van der Waals surface area contributed by atoms with Gasteiger partial charge in [-0.3, -0.25) is 19.7 Å². The predicted molar refractivity (Wildman–Crippen MR) is 132 cm³/mol. The molecule has 9 heteroatoms. The molecule has 0 bridgehead atoms. The van der Waals surface area contributed by atoms with E-state index in [1.807, 2.05) is 24.3 Å². The second-order valence-corrected chi connectivity index (χ2v) is 7.75. The number of nitrogens with one attached hydrogen (secondary N) is 1. The monoisotopic (exact) mass is 466 g/mol. The Bertz CT molecular complexity index is 1610. The normalized spacial score (nSPS) is 11.3. The van der Waals surface area contributed by atoms with Crippen molar-refractivity contribution < 1.29 is 14.1 Å². The third-order valence-corrected chi connectivity index (χ3v) is 5.55. The number of hydrogen-bond acceptors (Lipinski definition) is 6. The molecular weight excluding hydrogens is 448 g/mol. The summed E-state index contributed by atoms with van der Waals surface area (Å²) in [6.07, 6.45) is 1.37. The topological polar surface area (TPSA) is 120 Å². The van der Waals surface area contributed by atoms with E-state index >= 15 is 0 Å². The number of carbonyl (C=O) groups is 1.